The smallest absolute Gasteiger partial charge is 0.268 e. The van der Waals surface area contributed by atoms with Crippen molar-refractivity contribution in [3.63, 3.8) is 0 Å². The lowest BCUT2D eigenvalue weighted by atomic mass is 10.1. The van der Waals surface area contributed by atoms with Crippen molar-refractivity contribution >= 4 is 5.69 Å². The summed E-state index contributed by atoms with van der Waals surface area (Å²) in [5.74, 6) is 0. The number of nitrogens with zero attached hydrogens (tertiary/aromatic N) is 3. The molecule has 0 bridgehead atoms. The SMILES string of the molecule is CCOC(CN)Cn1ncc(N2CCCCC2)cc1=O. The summed E-state index contributed by atoms with van der Waals surface area (Å²) >= 11 is 0. The van der Waals surface area contributed by atoms with Gasteiger partial charge in [-0.3, -0.25) is 4.79 Å². The third kappa shape index (κ3) is 3.80. The number of rotatable bonds is 6. The molecular weight excluding hydrogens is 256 g/mol. The van der Waals surface area contributed by atoms with Gasteiger partial charge < -0.3 is 15.4 Å². The Kier molecular flexibility index (Phi) is 5.55. The lowest BCUT2D eigenvalue weighted by Gasteiger charge is -2.28. The maximum absolute atomic E-state index is 12.1. The van der Waals surface area contributed by atoms with Gasteiger partial charge in [0.25, 0.3) is 5.56 Å². The molecule has 6 heteroatoms. The normalized spacial score (nSPS) is 17.2. The molecule has 0 saturated carbocycles. The van der Waals surface area contributed by atoms with Gasteiger partial charge in [-0.15, -0.1) is 0 Å². The molecule has 0 amide bonds. The molecule has 0 radical (unpaired) electrons. The number of nitrogens with two attached hydrogens (primary N) is 1. The molecule has 20 heavy (non-hydrogen) atoms. The Morgan fingerprint density at radius 3 is 2.75 bits per heavy atom. The van der Waals surface area contributed by atoms with Crippen LogP contribution in [0.5, 0.6) is 0 Å². The molecule has 1 aliphatic heterocycles. The predicted molar refractivity (Wildman–Crippen MR) is 79.0 cm³/mol. The topological polar surface area (TPSA) is 73.4 Å². The molecule has 0 aliphatic carbocycles. The second-order valence-corrected chi connectivity index (χ2v) is 5.09. The monoisotopic (exact) mass is 280 g/mol. The molecular formula is C14H24N4O2. The molecule has 1 fully saturated rings. The van der Waals surface area contributed by atoms with Crippen molar-refractivity contribution < 1.29 is 4.74 Å². The van der Waals surface area contributed by atoms with Gasteiger partial charge in [-0.25, -0.2) is 4.68 Å². The number of hydrogen-bond donors (Lipinski definition) is 1. The highest BCUT2D eigenvalue weighted by molar-refractivity contribution is 5.43. The van der Waals surface area contributed by atoms with Crippen molar-refractivity contribution in [1.29, 1.82) is 0 Å². The van der Waals surface area contributed by atoms with E-state index in [9.17, 15) is 4.79 Å². The molecule has 0 aromatic carbocycles. The van der Waals surface area contributed by atoms with Crippen LogP contribution in [0.2, 0.25) is 0 Å². The van der Waals surface area contributed by atoms with Gasteiger partial charge in [-0.2, -0.15) is 5.10 Å². The maximum atomic E-state index is 12.1. The van der Waals surface area contributed by atoms with Crippen LogP contribution in [0, 0.1) is 0 Å². The molecule has 1 saturated heterocycles. The summed E-state index contributed by atoms with van der Waals surface area (Å²) in [4.78, 5) is 14.3. The van der Waals surface area contributed by atoms with E-state index in [4.69, 9.17) is 10.5 Å². The van der Waals surface area contributed by atoms with Crippen LogP contribution in [-0.4, -0.2) is 42.1 Å². The quantitative estimate of drug-likeness (QED) is 0.826. The first-order valence-corrected chi connectivity index (χ1v) is 7.38. The van der Waals surface area contributed by atoms with Crippen LogP contribution in [0.4, 0.5) is 5.69 Å². The average molecular weight is 280 g/mol. The molecule has 1 aliphatic rings. The highest BCUT2D eigenvalue weighted by Gasteiger charge is 2.14. The van der Waals surface area contributed by atoms with E-state index >= 15 is 0 Å². The largest absolute Gasteiger partial charge is 0.375 e. The lowest BCUT2D eigenvalue weighted by molar-refractivity contribution is 0.0531. The highest BCUT2D eigenvalue weighted by Crippen LogP contribution is 2.16. The van der Waals surface area contributed by atoms with Gasteiger partial charge in [0.05, 0.1) is 24.5 Å². The summed E-state index contributed by atoms with van der Waals surface area (Å²) < 4.78 is 6.89. The zero-order valence-electron chi connectivity index (χ0n) is 12.1. The third-order valence-electron chi connectivity index (χ3n) is 3.62. The van der Waals surface area contributed by atoms with Crippen molar-refractivity contribution in [2.45, 2.75) is 38.8 Å². The Hall–Kier alpha value is -1.40. The number of anilines is 1. The van der Waals surface area contributed by atoms with Crippen LogP contribution in [0.3, 0.4) is 0 Å². The minimum Gasteiger partial charge on any atom is -0.375 e. The Morgan fingerprint density at radius 1 is 1.40 bits per heavy atom. The van der Waals surface area contributed by atoms with E-state index in [1.165, 1.54) is 23.9 Å². The minimum atomic E-state index is -0.161. The molecule has 0 spiro atoms. The van der Waals surface area contributed by atoms with Gasteiger partial charge in [-0.1, -0.05) is 0 Å². The Morgan fingerprint density at radius 2 is 2.15 bits per heavy atom. The molecule has 1 atom stereocenters. The van der Waals surface area contributed by atoms with Crippen molar-refractivity contribution in [2.24, 2.45) is 5.73 Å². The molecule has 6 nitrogen and oxygen atoms in total. The number of piperidine rings is 1. The number of aromatic nitrogens is 2. The van der Waals surface area contributed by atoms with Crippen molar-refractivity contribution in [3.8, 4) is 0 Å². The van der Waals surface area contributed by atoms with E-state index in [2.05, 4.69) is 10.00 Å². The Labute approximate surface area is 119 Å². The minimum absolute atomic E-state index is 0.0915. The van der Waals surface area contributed by atoms with Crippen LogP contribution >= 0.6 is 0 Å². The van der Waals surface area contributed by atoms with Crippen LogP contribution < -0.4 is 16.2 Å². The van der Waals surface area contributed by atoms with Crippen LogP contribution in [0.1, 0.15) is 26.2 Å². The van der Waals surface area contributed by atoms with Gasteiger partial charge in [0.2, 0.25) is 0 Å². The average Bonchev–Trinajstić information content (AvgIpc) is 2.49. The van der Waals surface area contributed by atoms with E-state index in [0.29, 0.717) is 19.7 Å². The van der Waals surface area contributed by atoms with E-state index in [1.54, 1.807) is 12.3 Å². The first-order valence-electron chi connectivity index (χ1n) is 7.38. The second kappa shape index (κ2) is 7.40. The summed E-state index contributed by atoms with van der Waals surface area (Å²) in [6.07, 6.45) is 5.25. The summed E-state index contributed by atoms with van der Waals surface area (Å²) in [7, 11) is 0. The highest BCUT2D eigenvalue weighted by atomic mass is 16.5. The summed E-state index contributed by atoms with van der Waals surface area (Å²) in [5.41, 5.74) is 6.46. The second-order valence-electron chi connectivity index (χ2n) is 5.09. The first-order chi connectivity index (χ1) is 9.74. The van der Waals surface area contributed by atoms with Crippen molar-refractivity contribution in [3.05, 3.63) is 22.6 Å². The number of ether oxygens (including phenoxy) is 1. The molecule has 2 heterocycles. The van der Waals surface area contributed by atoms with Crippen molar-refractivity contribution in [2.75, 3.05) is 31.1 Å². The predicted octanol–water partition coefficient (Wildman–Crippen LogP) is 0.597. The molecule has 112 valence electrons. The van der Waals surface area contributed by atoms with E-state index in [-0.39, 0.29) is 11.7 Å². The van der Waals surface area contributed by atoms with Crippen LogP contribution in [0.25, 0.3) is 0 Å². The van der Waals surface area contributed by atoms with Gasteiger partial charge in [0.1, 0.15) is 0 Å². The van der Waals surface area contributed by atoms with E-state index in [0.717, 1.165) is 18.8 Å². The van der Waals surface area contributed by atoms with Gasteiger partial charge >= 0.3 is 0 Å². The third-order valence-corrected chi connectivity index (χ3v) is 3.62. The van der Waals surface area contributed by atoms with Crippen LogP contribution in [-0.2, 0) is 11.3 Å². The van der Waals surface area contributed by atoms with Gasteiger partial charge in [0.15, 0.2) is 0 Å². The molecule has 1 aromatic heterocycles. The zero-order valence-corrected chi connectivity index (χ0v) is 12.1. The van der Waals surface area contributed by atoms with Crippen LogP contribution in [0.15, 0.2) is 17.1 Å². The van der Waals surface area contributed by atoms with Gasteiger partial charge in [0, 0.05) is 32.3 Å². The molecule has 2 rings (SSSR count). The fraction of sp³-hybridized carbons (Fsp3) is 0.714. The fourth-order valence-electron chi connectivity index (χ4n) is 2.51. The molecule has 1 aromatic rings. The lowest BCUT2D eigenvalue weighted by Crippen LogP contribution is -2.36. The molecule has 1 unspecified atom stereocenters. The number of hydrogen-bond acceptors (Lipinski definition) is 5. The van der Waals surface area contributed by atoms with E-state index < -0.39 is 0 Å². The zero-order chi connectivity index (χ0) is 14.4. The molecule has 2 N–H and O–H groups in total. The Balaban J connectivity index is 2.07. The summed E-state index contributed by atoms with van der Waals surface area (Å²) in [6, 6.07) is 1.66. The summed E-state index contributed by atoms with van der Waals surface area (Å²) in [6.45, 7) is 5.31. The summed E-state index contributed by atoms with van der Waals surface area (Å²) in [5, 5.41) is 4.25. The van der Waals surface area contributed by atoms with Crippen molar-refractivity contribution in [1.82, 2.24) is 9.78 Å². The standard InChI is InChI=1S/C14H24N4O2/c1-2-20-13(9-15)11-18-14(19)8-12(10-16-18)17-6-4-3-5-7-17/h8,10,13H,2-7,9,11,15H2,1H3. The Bertz CT molecular complexity index is 468. The first kappa shape index (κ1) is 15.0. The van der Waals surface area contributed by atoms with E-state index in [1.807, 2.05) is 6.92 Å². The fourth-order valence-corrected chi connectivity index (χ4v) is 2.51. The maximum Gasteiger partial charge on any atom is 0.268 e. The van der Waals surface area contributed by atoms with Gasteiger partial charge in [-0.05, 0) is 26.2 Å².